The highest BCUT2D eigenvalue weighted by molar-refractivity contribution is 6.03. The van der Waals surface area contributed by atoms with E-state index in [2.05, 4.69) is 28.5 Å². The number of benzene rings is 4. The van der Waals surface area contributed by atoms with Crippen molar-refractivity contribution in [3.8, 4) is 17.2 Å². The van der Waals surface area contributed by atoms with Crippen LogP contribution in [0.15, 0.2) is 109 Å². The minimum Gasteiger partial charge on any atom is -0.508 e. The molecule has 3 amide bonds. The van der Waals surface area contributed by atoms with E-state index < -0.39 is 6.03 Å². The Kier molecular flexibility index (Phi) is 8.68. The van der Waals surface area contributed by atoms with Crippen molar-refractivity contribution < 1.29 is 28.9 Å². The van der Waals surface area contributed by atoms with E-state index in [1.165, 1.54) is 10.6 Å². The lowest BCUT2D eigenvalue weighted by molar-refractivity contribution is 0.0192. The molecule has 12 nitrogen and oxygen atoms in total. The van der Waals surface area contributed by atoms with E-state index in [-0.39, 0.29) is 24.5 Å². The lowest BCUT2D eigenvalue weighted by atomic mass is 9.92. The van der Waals surface area contributed by atoms with Gasteiger partial charge in [0, 0.05) is 68.1 Å². The fourth-order valence-corrected chi connectivity index (χ4v) is 7.75. The maximum absolute atomic E-state index is 15.0. The van der Waals surface area contributed by atoms with Gasteiger partial charge >= 0.3 is 6.03 Å². The average Bonchev–Trinajstić information content (AvgIpc) is 3.83. The van der Waals surface area contributed by atoms with E-state index >= 15 is 0 Å². The first-order chi connectivity index (χ1) is 26.4. The summed E-state index contributed by atoms with van der Waals surface area (Å²) in [6.45, 7) is 4.26. The zero-order valence-electron chi connectivity index (χ0n) is 29.9. The number of aromatic nitrogens is 1. The van der Waals surface area contributed by atoms with Crippen molar-refractivity contribution in [2.24, 2.45) is 7.05 Å². The molecule has 274 valence electrons. The third kappa shape index (κ3) is 6.29. The number of hydrogen-bond acceptors (Lipinski definition) is 8. The number of aromatic hydroxyl groups is 1. The molecule has 5 heterocycles. The maximum atomic E-state index is 15.0. The van der Waals surface area contributed by atoms with Crippen molar-refractivity contribution in [1.29, 1.82) is 0 Å². The first-order valence-corrected chi connectivity index (χ1v) is 18.1. The van der Waals surface area contributed by atoms with E-state index in [0.29, 0.717) is 59.5 Å². The van der Waals surface area contributed by atoms with Crippen LogP contribution in [0.4, 0.5) is 16.2 Å². The summed E-state index contributed by atoms with van der Waals surface area (Å²) >= 11 is 0. The zero-order chi connectivity index (χ0) is 36.8. The number of fused-ring (bicyclic) bond motifs is 3. The van der Waals surface area contributed by atoms with Crippen LogP contribution in [0.3, 0.4) is 0 Å². The standard InChI is InChI=1S/C42H40N6O6/c1-44-16-14-29-22-32(10-13-38(29)44)48(31-8-11-34(49)12-9-31)42(51)47-15-4-7-37(43-47)35-23-39-40(54-27-53-39)24-36(35)41(50)46-25-30-6-3-2-5-28(30)21-33(46)26-45-17-19-52-20-18-45/h2-16,22-24,33,43,49H,17-21,25-27H2,1H3/t33-/m0/s1. The number of phenols is 1. The van der Waals surface area contributed by atoms with Gasteiger partial charge in [-0.3, -0.25) is 20.0 Å². The maximum Gasteiger partial charge on any atom is 0.351 e. The summed E-state index contributed by atoms with van der Waals surface area (Å²) in [5.41, 5.74) is 9.49. The largest absolute Gasteiger partial charge is 0.508 e. The number of amides is 3. The van der Waals surface area contributed by atoms with Gasteiger partial charge in [0.15, 0.2) is 11.5 Å². The van der Waals surface area contributed by atoms with E-state index in [4.69, 9.17) is 14.2 Å². The number of aryl methyl sites for hydroxylation is 1. The molecule has 0 spiro atoms. The number of allylic oxidation sites excluding steroid dienone is 2. The second-order valence-corrected chi connectivity index (χ2v) is 13.9. The Morgan fingerprint density at radius 2 is 1.67 bits per heavy atom. The number of urea groups is 1. The van der Waals surface area contributed by atoms with Crippen LogP contribution in [0.25, 0.3) is 16.6 Å². The lowest BCUT2D eigenvalue weighted by Gasteiger charge is -2.41. The monoisotopic (exact) mass is 724 g/mol. The Morgan fingerprint density at radius 3 is 2.48 bits per heavy atom. The molecule has 9 rings (SSSR count). The van der Waals surface area contributed by atoms with Gasteiger partial charge in [-0.1, -0.05) is 24.3 Å². The first kappa shape index (κ1) is 33.6. The van der Waals surface area contributed by atoms with Gasteiger partial charge in [-0.25, -0.2) is 9.80 Å². The fraction of sp³-hybridized carbons (Fsp3) is 0.238. The van der Waals surface area contributed by atoms with Crippen molar-refractivity contribution >= 4 is 39.9 Å². The van der Waals surface area contributed by atoms with Crippen molar-refractivity contribution in [1.82, 2.24) is 24.8 Å². The second-order valence-electron chi connectivity index (χ2n) is 13.9. The quantitative estimate of drug-likeness (QED) is 0.215. The van der Waals surface area contributed by atoms with Gasteiger partial charge in [-0.15, -0.1) is 0 Å². The summed E-state index contributed by atoms with van der Waals surface area (Å²) in [4.78, 5) is 35.5. The SMILES string of the molecule is Cn1ccc2cc(N(C(=O)N3C=CC=C(c4cc5c(cc4C(=O)N4Cc6ccccc6C[C@H]4CN4CCOCC4)OCO5)N3)c3ccc(O)cc3)ccc21. The zero-order valence-corrected chi connectivity index (χ0v) is 29.9. The Hall–Kier alpha value is -6.24. The highest BCUT2D eigenvalue weighted by Gasteiger charge is 2.35. The topological polar surface area (TPSA) is 112 Å². The highest BCUT2D eigenvalue weighted by Crippen LogP contribution is 2.39. The number of nitrogens with one attached hydrogen (secondary N) is 1. The number of rotatable bonds is 6. The van der Waals surface area contributed by atoms with Crippen LogP contribution in [0.1, 0.15) is 27.0 Å². The normalized spacial score (nSPS) is 17.9. The number of nitrogens with zero attached hydrogens (tertiary/aromatic N) is 5. The molecular weight excluding hydrogens is 684 g/mol. The molecule has 1 atom stereocenters. The molecular formula is C42H40N6O6. The van der Waals surface area contributed by atoms with Crippen molar-refractivity contribution in [2.45, 2.75) is 19.0 Å². The molecule has 0 unspecified atom stereocenters. The Balaban J connectivity index is 1.05. The van der Waals surface area contributed by atoms with Crippen LogP contribution in [0, 0.1) is 0 Å². The Labute approximate surface area is 312 Å². The van der Waals surface area contributed by atoms with Crippen molar-refractivity contribution in [3.63, 3.8) is 0 Å². The summed E-state index contributed by atoms with van der Waals surface area (Å²) in [7, 11) is 1.98. The molecule has 1 saturated heterocycles. The van der Waals surface area contributed by atoms with Crippen LogP contribution in [0.5, 0.6) is 17.2 Å². The van der Waals surface area contributed by atoms with Gasteiger partial charge in [0.1, 0.15) is 5.75 Å². The lowest BCUT2D eigenvalue weighted by Crippen LogP contribution is -2.52. The molecule has 0 radical (unpaired) electrons. The van der Waals surface area contributed by atoms with E-state index in [1.54, 1.807) is 47.5 Å². The van der Waals surface area contributed by atoms with Crippen LogP contribution >= 0.6 is 0 Å². The van der Waals surface area contributed by atoms with Crippen molar-refractivity contribution in [2.75, 3.05) is 44.5 Å². The molecule has 5 aromatic rings. The predicted molar refractivity (Wildman–Crippen MR) is 204 cm³/mol. The van der Waals surface area contributed by atoms with Gasteiger partial charge in [-0.2, -0.15) is 0 Å². The summed E-state index contributed by atoms with van der Waals surface area (Å²) in [5, 5.41) is 12.4. The number of ether oxygens (including phenoxy) is 3. The predicted octanol–water partition coefficient (Wildman–Crippen LogP) is 6.15. The molecule has 1 aromatic heterocycles. The summed E-state index contributed by atoms with van der Waals surface area (Å²) < 4.78 is 19.2. The first-order valence-electron chi connectivity index (χ1n) is 18.1. The number of hydrazine groups is 1. The molecule has 4 aromatic carbocycles. The molecule has 12 heteroatoms. The Bertz CT molecular complexity index is 2310. The van der Waals surface area contributed by atoms with Crippen LogP contribution < -0.4 is 19.8 Å². The second kappa shape index (κ2) is 14.0. The number of carbonyl (C=O) groups is 2. The number of carbonyl (C=O) groups excluding carboxylic acids is 2. The van der Waals surface area contributed by atoms with Crippen LogP contribution in [-0.4, -0.2) is 82.1 Å². The Morgan fingerprint density at radius 1 is 0.907 bits per heavy atom. The van der Waals surface area contributed by atoms with Crippen molar-refractivity contribution in [3.05, 3.63) is 132 Å². The fourth-order valence-electron chi connectivity index (χ4n) is 7.75. The molecule has 0 bridgehead atoms. The van der Waals surface area contributed by atoms with E-state index in [0.717, 1.165) is 42.5 Å². The van der Waals surface area contributed by atoms with Gasteiger partial charge in [-0.05, 0) is 90.4 Å². The third-order valence-electron chi connectivity index (χ3n) is 10.6. The van der Waals surface area contributed by atoms with Gasteiger partial charge in [0.25, 0.3) is 5.91 Å². The molecule has 0 aliphatic carbocycles. The minimum absolute atomic E-state index is 0.0491. The molecule has 1 fully saturated rings. The van der Waals surface area contributed by atoms with Gasteiger partial charge in [0.2, 0.25) is 6.79 Å². The molecule has 2 N–H and O–H groups in total. The molecule has 4 aliphatic rings. The number of anilines is 2. The van der Waals surface area contributed by atoms with Crippen LogP contribution in [-0.2, 0) is 24.8 Å². The number of hydrogen-bond donors (Lipinski definition) is 2. The number of phenolic OH excluding ortho intramolecular Hbond substituents is 1. The third-order valence-corrected chi connectivity index (χ3v) is 10.6. The highest BCUT2D eigenvalue weighted by atomic mass is 16.7. The van der Waals surface area contributed by atoms with Gasteiger partial charge in [0.05, 0.1) is 35.8 Å². The van der Waals surface area contributed by atoms with E-state index in [9.17, 15) is 14.7 Å². The minimum atomic E-state index is -0.398. The average molecular weight is 725 g/mol. The van der Waals surface area contributed by atoms with E-state index in [1.807, 2.05) is 65.2 Å². The number of morpholine rings is 1. The van der Waals surface area contributed by atoms with Gasteiger partial charge < -0.3 is 28.8 Å². The molecule has 54 heavy (non-hydrogen) atoms. The van der Waals surface area contributed by atoms with Crippen LogP contribution in [0.2, 0.25) is 0 Å². The molecule has 4 aliphatic heterocycles. The summed E-state index contributed by atoms with van der Waals surface area (Å²) in [6.07, 6.45) is 7.98. The molecule has 0 saturated carbocycles. The summed E-state index contributed by atoms with van der Waals surface area (Å²) in [5.74, 6) is 0.981. The summed E-state index contributed by atoms with van der Waals surface area (Å²) in [6, 6.07) is 25.8. The smallest absolute Gasteiger partial charge is 0.351 e.